The Labute approximate surface area is 235 Å². The predicted octanol–water partition coefficient (Wildman–Crippen LogP) is 5.13. The van der Waals surface area contributed by atoms with Gasteiger partial charge in [0.15, 0.2) is 0 Å². The zero-order valence-corrected chi connectivity index (χ0v) is 23.3. The first-order valence-corrected chi connectivity index (χ1v) is 13.3. The van der Waals surface area contributed by atoms with Crippen molar-refractivity contribution in [2.75, 3.05) is 19.8 Å². The van der Waals surface area contributed by atoms with E-state index in [-0.39, 0.29) is 12.3 Å². The third-order valence-corrected chi connectivity index (χ3v) is 5.62. The highest BCUT2D eigenvalue weighted by atomic mass is 79.9. The van der Waals surface area contributed by atoms with Crippen LogP contribution in [0.4, 0.5) is 0 Å². The first-order valence-electron chi connectivity index (χ1n) is 12.5. The van der Waals surface area contributed by atoms with Crippen LogP contribution in [0.3, 0.4) is 0 Å². The zero-order chi connectivity index (χ0) is 28.0. The molecule has 0 aliphatic heterocycles. The number of hydrogen-bond donors (Lipinski definition) is 2. The minimum absolute atomic E-state index is 0.257. The van der Waals surface area contributed by atoms with Crippen LogP contribution in [-0.2, 0) is 4.79 Å². The van der Waals surface area contributed by atoms with Gasteiger partial charge in [-0.15, -0.1) is 0 Å². The molecular formula is C29H30BrN3O6. The number of rotatable bonds is 13. The molecule has 0 unspecified atom stereocenters. The molecule has 39 heavy (non-hydrogen) atoms. The van der Waals surface area contributed by atoms with Crippen molar-refractivity contribution < 1.29 is 28.6 Å². The molecule has 0 aliphatic carbocycles. The molecule has 204 valence electrons. The molecule has 2 amide bonds. The van der Waals surface area contributed by atoms with E-state index >= 15 is 0 Å². The van der Waals surface area contributed by atoms with Crippen molar-refractivity contribution in [2.24, 2.45) is 5.10 Å². The second kappa shape index (κ2) is 15.3. The average molecular weight is 596 g/mol. The number of benzene rings is 3. The Bertz CT molecular complexity index is 1290. The summed E-state index contributed by atoms with van der Waals surface area (Å²) >= 11 is 3.38. The first-order chi connectivity index (χ1) is 18.9. The maximum Gasteiger partial charge on any atom is 0.343 e. The SMILES string of the molecule is CCCOc1ccc(C(=O)NCC(=O)N/N=C/c2cc(Br)ccc2OC(=O)c2ccc(OCCC)cc2)cc1. The third-order valence-electron chi connectivity index (χ3n) is 5.13. The molecule has 10 heteroatoms. The number of ether oxygens (including phenoxy) is 3. The standard InChI is InChI=1S/C29H30BrN3O6/c1-3-15-37-24-10-5-20(6-11-24)28(35)31-19-27(34)33-32-18-22-17-23(30)9-14-26(22)39-29(36)21-7-12-25(13-8-21)38-16-4-2/h5-14,17-18H,3-4,15-16,19H2,1-2H3,(H,31,35)(H,33,34)/b32-18+. The number of carbonyl (C=O) groups is 3. The van der Waals surface area contributed by atoms with E-state index in [1.54, 1.807) is 66.7 Å². The summed E-state index contributed by atoms with van der Waals surface area (Å²) in [6.07, 6.45) is 3.12. The monoisotopic (exact) mass is 595 g/mol. The first kappa shape index (κ1) is 29.4. The molecule has 0 spiro atoms. The second-order valence-electron chi connectivity index (χ2n) is 8.29. The van der Waals surface area contributed by atoms with Crippen LogP contribution in [0, 0.1) is 0 Å². The summed E-state index contributed by atoms with van der Waals surface area (Å²) in [7, 11) is 0. The van der Waals surface area contributed by atoms with E-state index in [9.17, 15) is 14.4 Å². The highest BCUT2D eigenvalue weighted by molar-refractivity contribution is 9.10. The van der Waals surface area contributed by atoms with E-state index in [0.717, 1.165) is 17.3 Å². The molecule has 0 fully saturated rings. The fourth-order valence-corrected chi connectivity index (χ4v) is 3.56. The van der Waals surface area contributed by atoms with Gasteiger partial charge < -0.3 is 19.5 Å². The molecule has 9 nitrogen and oxygen atoms in total. The summed E-state index contributed by atoms with van der Waals surface area (Å²) < 4.78 is 17.3. The summed E-state index contributed by atoms with van der Waals surface area (Å²) in [4.78, 5) is 37.1. The van der Waals surface area contributed by atoms with Crippen molar-refractivity contribution in [3.63, 3.8) is 0 Å². The van der Waals surface area contributed by atoms with Crippen LogP contribution in [0.2, 0.25) is 0 Å². The van der Waals surface area contributed by atoms with Gasteiger partial charge in [-0.3, -0.25) is 9.59 Å². The molecule has 3 aromatic rings. The number of esters is 1. The molecule has 3 rings (SSSR count). The minimum atomic E-state index is -0.550. The van der Waals surface area contributed by atoms with Crippen LogP contribution in [0.25, 0.3) is 0 Å². The summed E-state index contributed by atoms with van der Waals surface area (Å²) in [5.41, 5.74) is 3.56. The van der Waals surface area contributed by atoms with Crippen molar-refractivity contribution in [1.82, 2.24) is 10.7 Å². The van der Waals surface area contributed by atoms with Crippen LogP contribution in [0.5, 0.6) is 17.2 Å². The summed E-state index contributed by atoms with van der Waals surface area (Å²) in [6.45, 7) is 4.94. The largest absolute Gasteiger partial charge is 0.494 e. The maximum atomic E-state index is 12.7. The van der Waals surface area contributed by atoms with Gasteiger partial charge in [-0.1, -0.05) is 29.8 Å². The highest BCUT2D eigenvalue weighted by Crippen LogP contribution is 2.23. The Morgan fingerprint density at radius 2 is 1.44 bits per heavy atom. The molecule has 0 heterocycles. The maximum absolute atomic E-state index is 12.7. The van der Waals surface area contributed by atoms with Crippen molar-refractivity contribution in [2.45, 2.75) is 26.7 Å². The summed E-state index contributed by atoms with van der Waals surface area (Å²) in [6, 6.07) is 18.4. The molecule has 0 saturated heterocycles. The highest BCUT2D eigenvalue weighted by Gasteiger charge is 2.13. The molecule has 0 saturated carbocycles. The number of nitrogens with zero attached hydrogens (tertiary/aromatic N) is 1. The van der Waals surface area contributed by atoms with Gasteiger partial charge in [0.1, 0.15) is 17.2 Å². The van der Waals surface area contributed by atoms with Crippen molar-refractivity contribution in [3.05, 3.63) is 87.9 Å². The van der Waals surface area contributed by atoms with Gasteiger partial charge in [-0.05, 0) is 79.6 Å². The smallest absolute Gasteiger partial charge is 0.343 e. The van der Waals surface area contributed by atoms with Crippen molar-refractivity contribution in [1.29, 1.82) is 0 Å². The molecule has 2 N–H and O–H groups in total. The van der Waals surface area contributed by atoms with Crippen molar-refractivity contribution in [3.8, 4) is 17.2 Å². The number of hydrogen-bond acceptors (Lipinski definition) is 7. The number of halogens is 1. The van der Waals surface area contributed by atoms with E-state index in [1.807, 2.05) is 13.8 Å². The van der Waals surface area contributed by atoms with Gasteiger partial charge in [0.05, 0.1) is 31.5 Å². The van der Waals surface area contributed by atoms with E-state index < -0.39 is 17.8 Å². The van der Waals surface area contributed by atoms with Gasteiger partial charge in [-0.2, -0.15) is 5.10 Å². The summed E-state index contributed by atoms with van der Waals surface area (Å²) in [5, 5.41) is 6.47. The van der Waals surface area contributed by atoms with Gasteiger partial charge in [-0.25, -0.2) is 10.2 Å². The Balaban J connectivity index is 1.53. The fraction of sp³-hybridized carbons (Fsp3) is 0.241. The lowest BCUT2D eigenvalue weighted by Crippen LogP contribution is -2.34. The Morgan fingerprint density at radius 3 is 2.03 bits per heavy atom. The van der Waals surface area contributed by atoms with Crippen LogP contribution >= 0.6 is 15.9 Å². The van der Waals surface area contributed by atoms with Crippen LogP contribution < -0.4 is 25.0 Å². The number of amides is 2. The fourth-order valence-electron chi connectivity index (χ4n) is 3.18. The molecule has 0 atom stereocenters. The Hall–Kier alpha value is -4.18. The lowest BCUT2D eigenvalue weighted by molar-refractivity contribution is -0.120. The Morgan fingerprint density at radius 1 is 0.846 bits per heavy atom. The molecule has 3 aromatic carbocycles. The van der Waals surface area contributed by atoms with Gasteiger partial charge >= 0.3 is 5.97 Å². The van der Waals surface area contributed by atoms with Gasteiger partial charge in [0.2, 0.25) is 0 Å². The van der Waals surface area contributed by atoms with Crippen molar-refractivity contribution >= 4 is 39.9 Å². The Kier molecular flexibility index (Phi) is 11.5. The van der Waals surface area contributed by atoms with E-state index in [0.29, 0.717) is 41.4 Å². The van der Waals surface area contributed by atoms with Gasteiger partial charge in [0.25, 0.3) is 11.8 Å². The molecular weight excluding hydrogens is 566 g/mol. The van der Waals surface area contributed by atoms with E-state index in [4.69, 9.17) is 14.2 Å². The lowest BCUT2D eigenvalue weighted by Gasteiger charge is -2.09. The molecule has 0 aliphatic rings. The molecule has 0 aromatic heterocycles. The average Bonchev–Trinajstić information content (AvgIpc) is 2.95. The number of nitrogens with one attached hydrogen (secondary N) is 2. The second-order valence-corrected chi connectivity index (χ2v) is 9.21. The van der Waals surface area contributed by atoms with E-state index in [2.05, 4.69) is 31.8 Å². The predicted molar refractivity (Wildman–Crippen MR) is 152 cm³/mol. The quantitative estimate of drug-likeness (QED) is 0.122. The molecule has 0 bridgehead atoms. The minimum Gasteiger partial charge on any atom is -0.494 e. The van der Waals surface area contributed by atoms with Crippen LogP contribution in [0.15, 0.2) is 76.3 Å². The van der Waals surface area contributed by atoms with Crippen LogP contribution in [-0.4, -0.2) is 43.8 Å². The number of carbonyl (C=O) groups excluding carboxylic acids is 3. The topological polar surface area (TPSA) is 115 Å². The molecule has 0 radical (unpaired) electrons. The van der Waals surface area contributed by atoms with E-state index in [1.165, 1.54) is 6.21 Å². The van der Waals surface area contributed by atoms with Gasteiger partial charge in [0, 0.05) is 15.6 Å². The normalized spacial score (nSPS) is 10.6. The zero-order valence-electron chi connectivity index (χ0n) is 21.7. The third kappa shape index (κ3) is 9.57. The lowest BCUT2D eigenvalue weighted by atomic mass is 10.2. The summed E-state index contributed by atoms with van der Waals surface area (Å²) in [5.74, 6) is 0.126. The van der Waals surface area contributed by atoms with Crippen LogP contribution in [0.1, 0.15) is 53.0 Å². The number of hydrazone groups is 1.